The van der Waals surface area contributed by atoms with Crippen molar-refractivity contribution >= 4 is 10.9 Å². The Kier molecular flexibility index (Phi) is 1.47. The quantitative estimate of drug-likeness (QED) is 0.636. The average Bonchev–Trinajstić information content (AvgIpc) is 2.04. The summed E-state index contributed by atoms with van der Waals surface area (Å²) in [4.78, 5) is 4.09. The van der Waals surface area contributed by atoms with E-state index >= 15 is 0 Å². The van der Waals surface area contributed by atoms with E-state index in [1.54, 1.807) is 0 Å². The zero-order valence-corrected chi connectivity index (χ0v) is 6.70. The normalized spacial score (nSPS) is 10.4. The van der Waals surface area contributed by atoms with Gasteiger partial charge in [-0.1, -0.05) is 6.07 Å². The summed E-state index contributed by atoms with van der Waals surface area (Å²) in [6, 6.07) is 8.36. The predicted molar refractivity (Wildman–Crippen MR) is 47.0 cm³/mol. The van der Waals surface area contributed by atoms with Crippen molar-refractivity contribution in [2.24, 2.45) is 0 Å². The fourth-order valence-corrected chi connectivity index (χ4v) is 1.19. The third kappa shape index (κ3) is 1.01. The molecular weight excluding hydrogens is 150 g/mol. The molecule has 12 heavy (non-hydrogen) atoms. The Morgan fingerprint density at radius 3 is 3.08 bits per heavy atom. The molecule has 1 radical (unpaired) electrons. The van der Waals surface area contributed by atoms with E-state index in [0.29, 0.717) is 0 Å². The van der Waals surface area contributed by atoms with Crippen LogP contribution in [0, 0.1) is 13.0 Å². The summed E-state index contributed by atoms with van der Waals surface area (Å²) < 4.78 is 0. The van der Waals surface area contributed by atoms with Gasteiger partial charge in [-0.25, -0.2) is 0 Å². The lowest BCUT2D eigenvalue weighted by atomic mass is 10.1. The fourth-order valence-electron chi connectivity index (χ4n) is 1.19. The standard InChI is InChI=1S/C10H8NO/c1-7-2-3-8-9(6-7)11-5-4-10(8)12/h2-3,5-6H,1H3,(H,11,12). The van der Waals surface area contributed by atoms with Crippen LogP contribution in [0.4, 0.5) is 0 Å². The molecule has 59 valence electrons. The lowest BCUT2D eigenvalue weighted by Gasteiger charge is -1.99. The maximum atomic E-state index is 9.37. The highest BCUT2D eigenvalue weighted by atomic mass is 16.3. The predicted octanol–water partition coefficient (Wildman–Crippen LogP) is 2.05. The van der Waals surface area contributed by atoms with E-state index < -0.39 is 0 Å². The first-order valence-electron chi connectivity index (χ1n) is 3.73. The smallest absolute Gasteiger partial charge is 0.134 e. The molecule has 1 aromatic heterocycles. The molecule has 0 aliphatic carbocycles. The molecule has 0 unspecified atom stereocenters. The Labute approximate surface area is 70.5 Å². The Morgan fingerprint density at radius 2 is 2.25 bits per heavy atom. The SMILES string of the molecule is Cc1ccc2c(O)[c]cnc2c1. The van der Waals surface area contributed by atoms with Crippen molar-refractivity contribution in [3.05, 3.63) is 36.0 Å². The van der Waals surface area contributed by atoms with E-state index in [2.05, 4.69) is 11.1 Å². The molecule has 0 atom stereocenters. The van der Waals surface area contributed by atoms with Crippen molar-refractivity contribution in [3.63, 3.8) is 0 Å². The van der Waals surface area contributed by atoms with E-state index in [4.69, 9.17) is 0 Å². The minimum absolute atomic E-state index is 0.167. The number of fused-ring (bicyclic) bond motifs is 1. The largest absolute Gasteiger partial charge is 0.507 e. The van der Waals surface area contributed by atoms with Crippen molar-refractivity contribution in [1.29, 1.82) is 0 Å². The topological polar surface area (TPSA) is 33.1 Å². The number of nitrogens with zero attached hydrogens (tertiary/aromatic N) is 1. The fraction of sp³-hybridized carbons (Fsp3) is 0.100. The molecule has 1 aromatic carbocycles. The summed E-state index contributed by atoms with van der Waals surface area (Å²) in [7, 11) is 0. The summed E-state index contributed by atoms with van der Waals surface area (Å²) in [5.41, 5.74) is 1.95. The van der Waals surface area contributed by atoms with Gasteiger partial charge >= 0.3 is 0 Å². The summed E-state index contributed by atoms with van der Waals surface area (Å²) in [6.07, 6.45) is 1.48. The molecule has 0 aliphatic heterocycles. The van der Waals surface area contributed by atoms with Crippen LogP contribution in [0.15, 0.2) is 24.4 Å². The van der Waals surface area contributed by atoms with Crippen LogP contribution in [0.5, 0.6) is 5.75 Å². The van der Waals surface area contributed by atoms with E-state index in [1.165, 1.54) is 6.20 Å². The van der Waals surface area contributed by atoms with Gasteiger partial charge in [0.1, 0.15) is 5.75 Å². The van der Waals surface area contributed by atoms with Crippen LogP contribution in [0.3, 0.4) is 0 Å². The Morgan fingerprint density at radius 1 is 1.42 bits per heavy atom. The molecular formula is C10H8NO. The zero-order chi connectivity index (χ0) is 8.55. The number of aryl methyl sites for hydroxylation is 1. The first-order valence-corrected chi connectivity index (χ1v) is 3.73. The van der Waals surface area contributed by atoms with Crippen LogP contribution in [0.1, 0.15) is 5.56 Å². The van der Waals surface area contributed by atoms with E-state index in [9.17, 15) is 5.11 Å². The van der Waals surface area contributed by atoms with Gasteiger partial charge in [-0.2, -0.15) is 0 Å². The van der Waals surface area contributed by atoms with E-state index in [0.717, 1.165) is 16.5 Å². The second kappa shape index (κ2) is 2.48. The van der Waals surface area contributed by atoms with Gasteiger partial charge in [0.2, 0.25) is 0 Å². The lowest BCUT2D eigenvalue weighted by molar-refractivity contribution is 0.480. The summed E-state index contributed by atoms with van der Waals surface area (Å²) in [6.45, 7) is 1.99. The number of hydrogen-bond donors (Lipinski definition) is 1. The highest BCUT2D eigenvalue weighted by Crippen LogP contribution is 2.21. The van der Waals surface area contributed by atoms with E-state index in [-0.39, 0.29) is 5.75 Å². The van der Waals surface area contributed by atoms with Gasteiger partial charge < -0.3 is 5.11 Å². The molecule has 2 heteroatoms. The summed E-state index contributed by atoms with van der Waals surface area (Å²) >= 11 is 0. The molecule has 1 heterocycles. The molecule has 0 fully saturated rings. The number of pyridine rings is 1. The molecule has 0 saturated heterocycles. The first kappa shape index (κ1) is 7.10. The minimum atomic E-state index is 0.167. The Hall–Kier alpha value is -1.57. The second-order valence-corrected chi connectivity index (χ2v) is 2.77. The zero-order valence-electron chi connectivity index (χ0n) is 6.70. The molecule has 0 aliphatic rings. The van der Waals surface area contributed by atoms with Gasteiger partial charge in [-0.05, 0) is 24.6 Å². The molecule has 2 aromatic rings. The third-order valence-corrected chi connectivity index (χ3v) is 1.81. The molecule has 2 nitrogen and oxygen atoms in total. The Balaban J connectivity index is 2.86. The summed E-state index contributed by atoms with van der Waals surface area (Å²) in [5, 5.41) is 10.1. The van der Waals surface area contributed by atoms with Gasteiger partial charge in [0.05, 0.1) is 5.52 Å². The van der Waals surface area contributed by atoms with Gasteiger partial charge in [-0.3, -0.25) is 4.98 Å². The van der Waals surface area contributed by atoms with Crippen molar-refractivity contribution < 1.29 is 5.11 Å². The minimum Gasteiger partial charge on any atom is -0.507 e. The van der Waals surface area contributed by atoms with Crippen LogP contribution in [0.25, 0.3) is 10.9 Å². The van der Waals surface area contributed by atoms with Crippen LogP contribution in [0.2, 0.25) is 0 Å². The van der Waals surface area contributed by atoms with Crippen molar-refractivity contribution in [2.45, 2.75) is 6.92 Å². The first-order chi connectivity index (χ1) is 5.77. The van der Waals surface area contributed by atoms with Gasteiger partial charge in [0, 0.05) is 17.6 Å². The summed E-state index contributed by atoms with van der Waals surface area (Å²) in [5.74, 6) is 0.167. The van der Waals surface area contributed by atoms with E-state index in [1.807, 2.05) is 25.1 Å². The number of aromatic nitrogens is 1. The third-order valence-electron chi connectivity index (χ3n) is 1.81. The van der Waals surface area contributed by atoms with Crippen molar-refractivity contribution in [1.82, 2.24) is 4.98 Å². The Bertz CT molecular complexity index is 423. The molecule has 0 bridgehead atoms. The number of aromatic hydroxyl groups is 1. The number of benzene rings is 1. The molecule has 0 saturated carbocycles. The lowest BCUT2D eigenvalue weighted by Crippen LogP contribution is -1.80. The van der Waals surface area contributed by atoms with Crippen molar-refractivity contribution in [3.8, 4) is 5.75 Å². The monoisotopic (exact) mass is 158 g/mol. The molecule has 2 rings (SSSR count). The second-order valence-electron chi connectivity index (χ2n) is 2.77. The number of hydrogen-bond acceptors (Lipinski definition) is 2. The number of rotatable bonds is 0. The average molecular weight is 158 g/mol. The maximum Gasteiger partial charge on any atom is 0.134 e. The van der Waals surface area contributed by atoms with Gasteiger partial charge in [0.25, 0.3) is 0 Å². The highest BCUT2D eigenvalue weighted by molar-refractivity contribution is 5.84. The molecule has 0 amide bonds. The van der Waals surface area contributed by atoms with Crippen LogP contribution in [-0.4, -0.2) is 10.1 Å². The maximum absolute atomic E-state index is 9.37. The van der Waals surface area contributed by atoms with Crippen molar-refractivity contribution in [2.75, 3.05) is 0 Å². The highest BCUT2D eigenvalue weighted by Gasteiger charge is 1.98. The van der Waals surface area contributed by atoms with Crippen LogP contribution < -0.4 is 0 Å². The van der Waals surface area contributed by atoms with Crippen LogP contribution >= 0.6 is 0 Å². The molecule has 0 spiro atoms. The van der Waals surface area contributed by atoms with Gasteiger partial charge in [-0.15, -0.1) is 0 Å². The van der Waals surface area contributed by atoms with Crippen LogP contribution in [-0.2, 0) is 0 Å². The molecule has 1 N–H and O–H groups in total. The van der Waals surface area contributed by atoms with Gasteiger partial charge in [0.15, 0.2) is 0 Å².